The van der Waals surface area contributed by atoms with Crippen LogP contribution in [0.25, 0.3) is 33.0 Å². The molecule has 1 saturated carbocycles. The number of hydrogen-bond acceptors (Lipinski definition) is 4. The Morgan fingerprint density at radius 2 is 1.51 bits per heavy atom. The maximum Gasteiger partial charge on any atom is 0.326 e. The summed E-state index contributed by atoms with van der Waals surface area (Å²) in [4.78, 5) is 39.0. The number of carboxylic acids is 1. The second kappa shape index (κ2) is 10.2. The number of aryl methyl sites for hydroxylation is 1. The number of nitrogens with one attached hydrogen (secondary N) is 2. The molecule has 1 fully saturated rings. The number of fused-ring (bicyclic) bond motifs is 2. The molecule has 2 aliphatic rings. The molecule has 3 N–H and O–H groups in total. The molecule has 8 heteroatoms. The largest absolute Gasteiger partial charge is 0.480 e. The SMILES string of the molecule is Cn1cc(C2=C(c3cn(C(CCNC4CCCCC4)C(=O)O)c4ccccc34)C(=O)NC2=O)c2ccccc21. The Bertz CT molecular complexity index is 1640. The number of hydrogen-bond donors (Lipinski definition) is 3. The zero-order chi connectivity index (χ0) is 27.1. The van der Waals surface area contributed by atoms with Gasteiger partial charge in [0.1, 0.15) is 6.04 Å². The molecule has 0 bridgehead atoms. The van der Waals surface area contributed by atoms with Gasteiger partial charge in [-0.3, -0.25) is 14.9 Å². The van der Waals surface area contributed by atoms with Crippen molar-refractivity contribution in [2.45, 2.75) is 50.6 Å². The third kappa shape index (κ3) is 4.44. The lowest BCUT2D eigenvalue weighted by Gasteiger charge is -2.24. The molecule has 4 aromatic rings. The van der Waals surface area contributed by atoms with Crippen LogP contribution in [0, 0.1) is 0 Å². The smallest absolute Gasteiger partial charge is 0.326 e. The molecular formula is C31H32N4O4. The zero-order valence-electron chi connectivity index (χ0n) is 21.9. The molecule has 8 nitrogen and oxygen atoms in total. The lowest BCUT2D eigenvalue weighted by molar-refractivity contribution is -0.141. The van der Waals surface area contributed by atoms with Crippen molar-refractivity contribution in [3.63, 3.8) is 0 Å². The third-order valence-corrected chi connectivity index (χ3v) is 8.18. The normalized spacial score (nSPS) is 17.4. The van der Waals surface area contributed by atoms with Gasteiger partial charge in [0.05, 0.1) is 11.1 Å². The van der Waals surface area contributed by atoms with Gasteiger partial charge in [0, 0.05) is 58.4 Å². The number of rotatable bonds is 8. The number of benzene rings is 2. The van der Waals surface area contributed by atoms with Crippen LogP contribution in [0.2, 0.25) is 0 Å². The van der Waals surface area contributed by atoms with Crippen LogP contribution in [-0.2, 0) is 21.4 Å². The van der Waals surface area contributed by atoms with Crippen molar-refractivity contribution in [3.8, 4) is 0 Å². The van der Waals surface area contributed by atoms with E-state index >= 15 is 0 Å². The van der Waals surface area contributed by atoms with Gasteiger partial charge in [-0.15, -0.1) is 0 Å². The second-order valence-corrected chi connectivity index (χ2v) is 10.6. The minimum Gasteiger partial charge on any atom is -0.480 e. The van der Waals surface area contributed by atoms with Gasteiger partial charge in [-0.1, -0.05) is 55.7 Å². The van der Waals surface area contributed by atoms with Gasteiger partial charge in [-0.05, 0) is 37.9 Å². The van der Waals surface area contributed by atoms with E-state index in [1.54, 1.807) is 10.8 Å². The third-order valence-electron chi connectivity index (χ3n) is 8.18. The predicted octanol–water partition coefficient (Wildman–Crippen LogP) is 4.64. The van der Waals surface area contributed by atoms with Crippen molar-refractivity contribution < 1.29 is 19.5 Å². The summed E-state index contributed by atoms with van der Waals surface area (Å²) < 4.78 is 3.69. The van der Waals surface area contributed by atoms with Crippen LogP contribution in [0.15, 0.2) is 60.9 Å². The molecule has 2 amide bonds. The van der Waals surface area contributed by atoms with Crippen molar-refractivity contribution in [3.05, 3.63) is 72.1 Å². The number of amides is 2. The molecule has 39 heavy (non-hydrogen) atoms. The fourth-order valence-corrected chi connectivity index (χ4v) is 6.28. The standard InChI is InChI=1S/C31H32N4O4/c1-34-17-22(20-11-5-7-13-24(20)34)27-28(30(37)33-29(27)36)23-18-35(25-14-8-6-12-21(23)25)26(31(38)39)15-16-32-19-9-3-2-4-10-19/h5-8,11-14,17-19,26,32H,2-4,9-10,15-16H2,1H3,(H,38,39)(H,33,36,37). The van der Waals surface area contributed by atoms with E-state index in [9.17, 15) is 19.5 Å². The molecule has 0 radical (unpaired) electrons. The molecule has 2 aromatic carbocycles. The molecule has 1 aliphatic heterocycles. The molecule has 6 rings (SSSR count). The van der Waals surface area contributed by atoms with E-state index in [1.807, 2.05) is 66.3 Å². The number of carbonyl (C=O) groups is 3. The highest BCUT2D eigenvalue weighted by molar-refractivity contribution is 6.50. The summed E-state index contributed by atoms with van der Waals surface area (Å²) in [5.41, 5.74) is 3.49. The Morgan fingerprint density at radius 1 is 0.923 bits per heavy atom. The number of carbonyl (C=O) groups excluding carboxylic acids is 2. The Hall–Kier alpha value is -4.17. The van der Waals surface area contributed by atoms with Crippen molar-refractivity contribution in [1.82, 2.24) is 19.8 Å². The first-order valence-corrected chi connectivity index (χ1v) is 13.6. The van der Waals surface area contributed by atoms with Crippen LogP contribution in [-0.4, -0.2) is 44.6 Å². The maximum absolute atomic E-state index is 13.3. The minimum atomic E-state index is -0.928. The minimum absolute atomic E-state index is 0.274. The van der Waals surface area contributed by atoms with E-state index in [4.69, 9.17) is 0 Å². The van der Waals surface area contributed by atoms with Crippen molar-refractivity contribution >= 4 is 50.7 Å². The Kier molecular flexibility index (Phi) is 6.56. The first-order valence-electron chi connectivity index (χ1n) is 13.6. The van der Waals surface area contributed by atoms with E-state index in [-0.39, 0.29) is 5.57 Å². The summed E-state index contributed by atoms with van der Waals surface area (Å²) in [7, 11) is 1.91. The number of para-hydroxylation sites is 2. The van der Waals surface area contributed by atoms with Crippen molar-refractivity contribution in [2.24, 2.45) is 7.05 Å². The molecule has 1 atom stereocenters. The molecule has 3 heterocycles. The van der Waals surface area contributed by atoms with E-state index in [0.29, 0.717) is 35.7 Å². The number of aliphatic carboxylic acids is 1. The molecule has 1 unspecified atom stereocenters. The highest BCUT2D eigenvalue weighted by Gasteiger charge is 2.36. The van der Waals surface area contributed by atoms with E-state index < -0.39 is 23.8 Å². The van der Waals surface area contributed by atoms with Crippen LogP contribution in [0.1, 0.15) is 55.7 Å². The van der Waals surface area contributed by atoms with Crippen LogP contribution >= 0.6 is 0 Å². The average molecular weight is 525 g/mol. The second-order valence-electron chi connectivity index (χ2n) is 10.6. The van der Waals surface area contributed by atoms with Crippen LogP contribution in [0.4, 0.5) is 0 Å². The average Bonchev–Trinajstić information content (AvgIpc) is 3.57. The van der Waals surface area contributed by atoms with Gasteiger partial charge < -0.3 is 19.6 Å². The van der Waals surface area contributed by atoms with Gasteiger partial charge in [0.2, 0.25) is 0 Å². The van der Waals surface area contributed by atoms with E-state index in [2.05, 4.69) is 10.6 Å². The first-order chi connectivity index (χ1) is 18.9. The van der Waals surface area contributed by atoms with Crippen LogP contribution in [0.3, 0.4) is 0 Å². The topological polar surface area (TPSA) is 105 Å². The molecule has 1 aliphatic carbocycles. The summed E-state index contributed by atoms with van der Waals surface area (Å²) >= 11 is 0. The summed E-state index contributed by atoms with van der Waals surface area (Å²) in [5.74, 6) is -1.85. The van der Waals surface area contributed by atoms with Gasteiger partial charge in [0.15, 0.2) is 0 Å². The lowest BCUT2D eigenvalue weighted by Crippen LogP contribution is -2.33. The summed E-state index contributed by atoms with van der Waals surface area (Å²) in [6, 6.07) is 14.8. The molecular weight excluding hydrogens is 492 g/mol. The molecule has 2 aromatic heterocycles. The molecule has 0 saturated heterocycles. The highest BCUT2D eigenvalue weighted by atomic mass is 16.4. The van der Waals surface area contributed by atoms with Crippen LogP contribution < -0.4 is 10.6 Å². The quantitative estimate of drug-likeness (QED) is 0.291. The highest BCUT2D eigenvalue weighted by Crippen LogP contribution is 2.39. The van der Waals surface area contributed by atoms with E-state index in [1.165, 1.54) is 19.3 Å². The predicted molar refractivity (Wildman–Crippen MR) is 151 cm³/mol. The van der Waals surface area contributed by atoms with Gasteiger partial charge in [0.25, 0.3) is 11.8 Å². The van der Waals surface area contributed by atoms with Gasteiger partial charge in [-0.25, -0.2) is 4.79 Å². The maximum atomic E-state index is 13.3. The van der Waals surface area contributed by atoms with Gasteiger partial charge >= 0.3 is 5.97 Å². The number of imide groups is 1. The Balaban J connectivity index is 1.45. The number of aromatic nitrogens is 2. The molecule has 200 valence electrons. The molecule has 0 spiro atoms. The van der Waals surface area contributed by atoms with Crippen LogP contribution in [0.5, 0.6) is 0 Å². The lowest BCUT2D eigenvalue weighted by atomic mass is 9.95. The summed E-state index contributed by atoms with van der Waals surface area (Å²) in [5, 5.41) is 17.9. The number of nitrogens with zero attached hydrogens (tertiary/aromatic N) is 2. The van der Waals surface area contributed by atoms with Crippen molar-refractivity contribution in [2.75, 3.05) is 6.54 Å². The zero-order valence-corrected chi connectivity index (χ0v) is 21.9. The first kappa shape index (κ1) is 25.1. The monoisotopic (exact) mass is 524 g/mol. The Morgan fingerprint density at radius 3 is 2.18 bits per heavy atom. The Labute approximate surface area is 226 Å². The van der Waals surface area contributed by atoms with E-state index in [0.717, 1.165) is 34.6 Å². The fourth-order valence-electron chi connectivity index (χ4n) is 6.28. The van der Waals surface area contributed by atoms with Gasteiger partial charge in [-0.2, -0.15) is 0 Å². The fraction of sp³-hybridized carbons (Fsp3) is 0.323. The number of carboxylic acid groups (broad SMARTS) is 1. The van der Waals surface area contributed by atoms with Crippen molar-refractivity contribution in [1.29, 1.82) is 0 Å². The summed E-state index contributed by atoms with van der Waals surface area (Å²) in [6.45, 7) is 0.590. The summed E-state index contributed by atoms with van der Waals surface area (Å²) in [6.07, 6.45) is 9.95.